The predicted octanol–water partition coefficient (Wildman–Crippen LogP) is 2.94. The lowest BCUT2D eigenvalue weighted by Gasteiger charge is -2.09. The number of carbonyl (C=O) groups is 2. The largest absolute Gasteiger partial charge is 0.324 e. The summed E-state index contributed by atoms with van der Waals surface area (Å²) in [6, 6.07) is 9.04. The van der Waals surface area contributed by atoms with Crippen LogP contribution in [0.3, 0.4) is 0 Å². The van der Waals surface area contributed by atoms with Crippen molar-refractivity contribution < 1.29 is 18.9 Å². The van der Waals surface area contributed by atoms with E-state index in [0.29, 0.717) is 0 Å². The second-order valence-corrected chi connectivity index (χ2v) is 4.60. The number of para-hydroxylation sites is 1. The second kappa shape index (κ2) is 6.65. The predicted molar refractivity (Wildman–Crippen MR) is 81.8 cm³/mol. The molecular weight excluding hydrogens is 305 g/mol. The van der Waals surface area contributed by atoms with Crippen molar-refractivity contribution in [1.82, 2.24) is 0 Å². The van der Waals surface area contributed by atoms with Crippen LogP contribution in [0.25, 0.3) is 0 Å². The highest BCUT2D eigenvalue weighted by Gasteiger charge is 2.19. The van der Waals surface area contributed by atoms with Crippen molar-refractivity contribution in [3.8, 4) is 0 Å². The number of nitro benzene ring substituents is 1. The van der Waals surface area contributed by atoms with E-state index < -0.39 is 22.6 Å². The minimum absolute atomic E-state index is 0.0992. The molecule has 2 aromatic rings. The fourth-order valence-corrected chi connectivity index (χ4v) is 1.91. The first kappa shape index (κ1) is 16.1. The molecule has 0 saturated heterocycles. The van der Waals surface area contributed by atoms with Crippen molar-refractivity contribution in [1.29, 1.82) is 0 Å². The van der Waals surface area contributed by atoms with Gasteiger partial charge in [0.2, 0.25) is 5.91 Å². The number of halogens is 1. The first-order chi connectivity index (χ1) is 10.9. The lowest BCUT2D eigenvalue weighted by atomic mass is 10.1. The molecule has 2 rings (SSSR count). The highest BCUT2D eigenvalue weighted by Crippen LogP contribution is 2.22. The summed E-state index contributed by atoms with van der Waals surface area (Å²) in [4.78, 5) is 33.4. The molecule has 0 unspecified atom stereocenters. The highest BCUT2D eigenvalue weighted by atomic mass is 19.1. The van der Waals surface area contributed by atoms with E-state index >= 15 is 0 Å². The number of hydrogen-bond donors (Lipinski definition) is 2. The SMILES string of the molecule is CC(=O)Nc1cc(NC(=O)c2ccccc2[N+](=O)[O-])ccc1F. The smallest absolute Gasteiger partial charge is 0.282 e. The van der Waals surface area contributed by atoms with Crippen LogP contribution in [0.4, 0.5) is 21.5 Å². The molecule has 7 nitrogen and oxygen atoms in total. The quantitative estimate of drug-likeness (QED) is 0.668. The van der Waals surface area contributed by atoms with Crippen molar-refractivity contribution in [3.05, 3.63) is 64.0 Å². The summed E-state index contributed by atoms with van der Waals surface area (Å²) in [6.45, 7) is 1.22. The van der Waals surface area contributed by atoms with Gasteiger partial charge in [-0.3, -0.25) is 19.7 Å². The summed E-state index contributed by atoms with van der Waals surface area (Å²) < 4.78 is 13.5. The number of benzene rings is 2. The maximum Gasteiger partial charge on any atom is 0.282 e. The Morgan fingerprint density at radius 2 is 1.83 bits per heavy atom. The third-order valence-corrected chi connectivity index (χ3v) is 2.88. The van der Waals surface area contributed by atoms with Gasteiger partial charge in [0, 0.05) is 18.7 Å². The van der Waals surface area contributed by atoms with Crippen molar-refractivity contribution in [3.63, 3.8) is 0 Å². The third-order valence-electron chi connectivity index (χ3n) is 2.88. The number of amides is 2. The lowest BCUT2D eigenvalue weighted by molar-refractivity contribution is -0.385. The van der Waals surface area contributed by atoms with Crippen LogP contribution >= 0.6 is 0 Å². The van der Waals surface area contributed by atoms with Gasteiger partial charge in [-0.15, -0.1) is 0 Å². The first-order valence-electron chi connectivity index (χ1n) is 6.50. The van der Waals surface area contributed by atoms with Gasteiger partial charge < -0.3 is 10.6 Å². The van der Waals surface area contributed by atoms with E-state index in [0.717, 1.165) is 6.07 Å². The Morgan fingerprint density at radius 1 is 1.13 bits per heavy atom. The normalized spacial score (nSPS) is 10.0. The van der Waals surface area contributed by atoms with E-state index in [1.807, 2.05) is 0 Å². The Labute approximate surface area is 130 Å². The second-order valence-electron chi connectivity index (χ2n) is 4.60. The van der Waals surface area contributed by atoms with Gasteiger partial charge in [-0.25, -0.2) is 4.39 Å². The van der Waals surface area contributed by atoms with Crippen LogP contribution in [0.15, 0.2) is 42.5 Å². The maximum absolute atomic E-state index is 13.5. The minimum atomic E-state index is -0.710. The standard InChI is InChI=1S/C15H12FN3O4/c1-9(20)17-13-8-10(6-7-12(13)16)18-15(21)11-4-2-3-5-14(11)19(22)23/h2-8H,1H3,(H,17,20)(H,18,21). The molecule has 0 aliphatic carbocycles. The number of nitrogens with one attached hydrogen (secondary N) is 2. The molecule has 0 bridgehead atoms. The minimum Gasteiger partial charge on any atom is -0.324 e. The molecule has 0 atom stereocenters. The van der Waals surface area contributed by atoms with Crippen LogP contribution in [0.2, 0.25) is 0 Å². The maximum atomic E-state index is 13.5. The number of nitro groups is 1. The lowest BCUT2D eigenvalue weighted by Crippen LogP contribution is -2.14. The van der Waals surface area contributed by atoms with Crippen molar-refractivity contribution >= 4 is 28.9 Å². The van der Waals surface area contributed by atoms with Gasteiger partial charge in [-0.05, 0) is 24.3 Å². The molecule has 0 aromatic heterocycles. The molecule has 2 aromatic carbocycles. The monoisotopic (exact) mass is 317 g/mol. The molecule has 0 saturated carbocycles. The van der Waals surface area contributed by atoms with Crippen LogP contribution in [0.5, 0.6) is 0 Å². The Kier molecular flexibility index (Phi) is 4.65. The van der Waals surface area contributed by atoms with Gasteiger partial charge in [-0.2, -0.15) is 0 Å². The summed E-state index contributed by atoms with van der Waals surface area (Å²) in [6.07, 6.45) is 0. The van der Waals surface area contributed by atoms with E-state index in [1.165, 1.54) is 43.3 Å². The molecule has 8 heteroatoms. The first-order valence-corrected chi connectivity index (χ1v) is 6.50. The Bertz CT molecular complexity index is 792. The van der Waals surface area contributed by atoms with Crippen LogP contribution in [-0.2, 0) is 4.79 Å². The summed E-state index contributed by atoms with van der Waals surface area (Å²) in [5.74, 6) is -1.84. The van der Waals surface area contributed by atoms with Crippen LogP contribution in [-0.4, -0.2) is 16.7 Å². The molecule has 0 spiro atoms. The zero-order valence-corrected chi connectivity index (χ0v) is 12.0. The Morgan fingerprint density at radius 3 is 2.48 bits per heavy atom. The fraction of sp³-hybridized carbons (Fsp3) is 0.0667. The molecule has 0 aliphatic rings. The van der Waals surface area contributed by atoms with E-state index in [2.05, 4.69) is 10.6 Å². The molecule has 118 valence electrons. The molecule has 0 aliphatic heterocycles. The molecular formula is C15H12FN3O4. The van der Waals surface area contributed by atoms with Crippen LogP contribution in [0.1, 0.15) is 17.3 Å². The van der Waals surface area contributed by atoms with Gasteiger partial charge in [0.25, 0.3) is 11.6 Å². The van der Waals surface area contributed by atoms with Gasteiger partial charge in [-0.1, -0.05) is 12.1 Å². The topological polar surface area (TPSA) is 101 Å². The van der Waals surface area contributed by atoms with Crippen molar-refractivity contribution in [2.75, 3.05) is 10.6 Å². The highest BCUT2D eigenvalue weighted by molar-refractivity contribution is 6.07. The molecule has 2 amide bonds. The van der Waals surface area contributed by atoms with Crippen LogP contribution in [0, 0.1) is 15.9 Å². The summed E-state index contributed by atoms with van der Waals surface area (Å²) >= 11 is 0. The summed E-state index contributed by atoms with van der Waals surface area (Å²) in [5.41, 5.74) is -0.367. The van der Waals surface area contributed by atoms with E-state index in [-0.39, 0.29) is 22.6 Å². The molecule has 23 heavy (non-hydrogen) atoms. The van der Waals surface area contributed by atoms with Crippen molar-refractivity contribution in [2.45, 2.75) is 6.92 Å². The number of rotatable bonds is 4. The number of anilines is 2. The Balaban J connectivity index is 2.27. The van der Waals surface area contributed by atoms with E-state index in [4.69, 9.17) is 0 Å². The average Bonchev–Trinajstić information content (AvgIpc) is 2.50. The number of hydrogen-bond acceptors (Lipinski definition) is 4. The average molecular weight is 317 g/mol. The van der Waals surface area contributed by atoms with E-state index in [9.17, 15) is 24.1 Å². The number of carbonyl (C=O) groups excluding carboxylic acids is 2. The van der Waals surface area contributed by atoms with E-state index in [1.54, 1.807) is 0 Å². The fourth-order valence-electron chi connectivity index (χ4n) is 1.91. The summed E-state index contributed by atoms with van der Waals surface area (Å²) in [5, 5.41) is 15.6. The van der Waals surface area contributed by atoms with Crippen molar-refractivity contribution in [2.24, 2.45) is 0 Å². The molecule has 0 fully saturated rings. The zero-order valence-electron chi connectivity index (χ0n) is 12.0. The van der Waals surface area contributed by atoms with Gasteiger partial charge in [0.05, 0.1) is 10.6 Å². The molecule has 0 heterocycles. The van der Waals surface area contributed by atoms with Gasteiger partial charge in [0.15, 0.2) is 0 Å². The van der Waals surface area contributed by atoms with Gasteiger partial charge in [0.1, 0.15) is 11.4 Å². The molecule has 0 radical (unpaired) electrons. The number of nitrogens with zero attached hydrogens (tertiary/aromatic N) is 1. The van der Waals surface area contributed by atoms with Gasteiger partial charge >= 0.3 is 0 Å². The zero-order chi connectivity index (χ0) is 17.0. The van der Waals surface area contributed by atoms with Crippen LogP contribution < -0.4 is 10.6 Å². The summed E-state index contributed by atoms with van der Waals surface area (Å²) in [7, 11) is 0. The molecule has 2 N–H and O–H groups in total. The Hall–Kier alpha value is -3.29. The third kappa shape index (κ3) is 3.88.